The third-order valence-corrected chi connectivity index (χ3v) is 5.53. The van der Waals surface area contributed by atoms with Crippen LogP contribution in [0.25, 0.3) is 0 Å². The number of benzene rings is 1. The number of thiophene rings is 1. The highest BCUT2D eigenvalue weighted by Gasteiger charge is 2.24. The molecule has 1 amide bonds. The number of aliphatic hydroxyl groups excluding tert-OH is 1. The predicted molar refractivity (Wildman–Crippen MR) is 98.4 cm³/mol. The standard InChI is InChI=1S/C19H24N2O2S/c1-2-17(22)13-21(16-6-4-3-5-7-16)14-19(23)20-10-8-18-15(12-20)9-11-24-18/h3-7,9,11,17,22H,2,8,10,12-14H2,1H3. The van der Waals surface area contributed by atoms with E-state index >= 15 is 0 Å². The Morgan fingerprint density at radius 2 is 2.12 bits per heavy atom. The van der Waals surface area contributed by atoms with Gasteiger partial charge in [-0.05, 0) is 42.0 Å². The SMILES string of the molecule is CCC(O)CN(CC(=O)N1CCc2sccc2C1)c1ccccc1. The lowest BCUT2D eigenvalue weighted by molar-refractivity contribution is -0.130. The minimum absolute atomic E-state index is 0.124. The Hall–Kier alpha value is -1.85. The molecule has 0 bridgehead atoms. The number of para-hydroxylation sites is 1. The van der Waals surface area contributed by atoms with Gasteiger partial charge in [0.2, 0.25) is 5.91 Å². The van der Waals surface area contributed by atoms with Gasteiger partial charge in [0.15, 0.2) is 0 Å². The van der Waals surface area contributed by atoms with Crippen molar-refractivity contribution in [2.45, 2.75) is 32.4 Å². The van der Waals surface area contributed by atoms with Crippen molar-refractivity contribution in [3.63, 3.8) is 0 Å². The van der Waals surface area contributed by atoms with Crippen molar-refractivity contribution in [3.05, 3.63) is 52.2 Å². The molecule has 0 saturated carbocycles. The Morgan fingerprint density at radius 1 is 1.33 bits per heavy atom. The average molecular weight is 344 g/mol. The van der Waals surface area contributed by atoms with Gasteiger partial charge in [-0.2, -0.15) is 0 Å². The molecule has 2 heterocycles. The molecule has 2 aromatic rings. The Bertz CT molecular complexity index is 671. The first-order valence-electron chi connectivity index (χ1n) is 8.48. The van der Waals surface area contributed by atoms with E-state index in [2.05, 4.69) is 11.4 Å². The maximum atomic E-state index is 12.8. The lowest BCUT2D eigenvalue weighted by atomic mass is 10.1. The highest BCUT2D eigenvalue weighted by molar-refractivity contribution is 7.10. The van der Waals surface area contributed by atoms with E-state index in [1.54, 1.807) is 11.3 Å². The topological polar surface area (TPSA) is 43.8 Å². The van der Waals surface area contributed by atoms with Crippen molar-refractivity contribution in [3.8, 4) is 0 Å². The van der Waals surface area contributed by atoms with E-state index in [-0.39, 0.29) is 5.91 Å². The molecular formula is C19H24N2O2S. The normalized spacial score (nSPS) is 15.0. The Morgan fingerprint density at radius 3 is 2.88 bits per heavy atom. The molecule has 0 fully saturated rings. The molecule has 24 heavy (non-hydrogen) atoms. The number of carbonyl (C=O) groups excluding carboxylic acids is 1. The van der Waals surface area contributed by atoms with E-state index in [1.807, 2.05) is 47.1 Å². The summed E-state index contributed by atoms with van der Waals surface area (Å²) in [7, 11) is 0. The van der Waals surface area contributed by atoms with Gasteiger partial charge >= 0.3 is 0 Å². The molecule has 1 aromatic carbocycles. The molecule has 0 radical (unpaired) electrons. The van der Waals surface area contributed by atoms with Gasteiger partial charge in [-0.25, -0.2) is 0 Å². The molecule has 0 spiro atoms. The van der Waals surface area contributed by atoms with Gasteiger partial charge in [-0.3, -0.25) is 4.79 Å². The number of aliphatic hydroxyl groups is 1. The molecule has 1 unspecified atom stereocenters. The third kappa shape index (κ3) is 3.97. The first-order valence-corrected chi connectivity index (χ1v) is 9.36. The maximum Gasteiger partial charge on any atom is 0.242 e. The predicted octanol–water partition coefficient (Wildman–Crippen LogP) is 2.91. The van der Waals surface area contributed by atoms with Crippen LogP contribution < -0.4 is 4.90 Å². The fraction of sp³-hybridized carbons (Fsp3) is 0.421. The van der Waals surface area contributed by atoms with Gasteiger partial charge in [0.25, 0.3) is 0 Å². The van der Waals surface area contributed by atoms with Crippen LogP contribution in [0, 0.1) is 0 Å². The zero-order chi connectivity index (χ0) is 16.9. The molecule has 0 saturated heterocycles. The summed E-state index contributed by atoms with van der Waals surface area (Å²) in [5.41, 5.74) is 2.26. The van der Waals surface area contributed by atoms with E-state index in [4.69, 9.17) is 0 Å². The number of hydrogen-bond donors (Lipinski definition) is 1. The Labute approximate surface area is 147 Å². The first-order chi connectivity index (χ1) is 11.7. The molecular weight excluding hydrogens is 320 g/mol. The van der Waals surface area contributed by atoms with E-state index in [0.29, 0.717) is 26.1 Å². The van der Waals surface area contributed by atoms with Crippen LogP contribution in [-0.4, -0.2) is 41.7 Å². The molecule has 5 heteroatoms. The number of amides is 1. The highest BCUT2D eigenvalue weighted by Crippen LogP contribution is 2.24. The number of fused-ring (bicyclic) bond motifs is 1. The zero-order valence-corrected chi connectivity index (χ0v) is 14.8. The summed E-state index contributed by atoms with van der Waals surface area (Å²) in [6.45, 7) is 4.23. The summed E-state index contributed by atoms with van der Waals surface area (Å²) in [5, 5.41) is 12.2. The van der Waals surface area contributed by atoms with Gasteiger partial charge in [0, 0.05) is 30.2 Å². The van der Waals surface area contributed by atoms with Crippen molar-refractivity contribution in [2.24, 2.45) is 0 Å². The molecule has 128 valence electrons. The summed E-state index contributed by atoms with van der Waals surface area (Å²) >= 11 is 1.78. The van der Waals surface area contributed by atoms with Crippen molar-refractivity contribution in [1.29, 1.82) is 0 Å². The Balaban J connectivity index is 1.69. The minimum Gasteiger partial charge on any atom is -0.391 e. The molecule has 1 aliphatic heterocycles. The number of rotatable bonds is 6. The summed E-state index contributed by atoms with van der Waals surface area (Å²) in [5.74, 6) is 0.124. The highest BCUT2D eigenvalue weighted by atomic mass is 32.1. The molecule has 4 nitrogen and oxygen atoms in total. The number of carbonyl (C=O) groups is 1. The molecule has 1 aromatic heterocycles. The second-order valence-electron chi connectivity index (χ2n) is 6.21. The van der Waals surface area contributed by atoms with E-state index in [0.717, 1.165) is 18.7 Å². The van der Waals surface area contributed by atoms with Gasteiger partial charge < -0.3 is 14.9 Å². The van der Waals surface area contributed by atoms with Gasteiger partial charge in [-0.1, -0.05) is 25.1 Å². The summed E-state index contributed by atoms with van der Waals surface area (Å²) in [4.78, 5) is 18.1. The summed E-state index contributed by atoms with van der Waals surface area (Å²) in [6, 6.07) is 12.0. The zero-order valence-electron chi connectivity index (χ0n) is 14.0. The van der Waals surface area contributed by atoms with Crippen LogP contribution in [-0.2, 0) is 17.8 Å². The second-order valence-corrected chi connectivity index (χ2v) is 7.21. The van der Waals surface area contributed by atoms with Crippen LogP contribution in [0.5, 0.6) is 0 Å². The fourth-order valence-electron chi connectivity index (χ4n) is 3.01. The fourth-order valence-corrected chi connectivity index (χ4v) is 3.90. The number of hydrogen-bond acceptors (Lipinski definition) is 4. The van der Waals surface area contributed by atoms with Crippen LogP contribution in [0.3, 0.4) is 0 Å². The monoisotopic (exact) mass is 344 g/mol. The Kier molecular flexibility index (Phi) is 5.53. The lowest BCUT2D eigenvalue weighted by Gasteiger charge is -2.32. The van der Waals surface area contributed by atoms with Crippen LogP contribution in [0.1, 0.15) is 23.8 Å². The largest absolute Gasteiger partial charge is 0.391 e. The lowest BCUT2D eigenvalue weighted by Crippen LogP contribution is -2.44. The van der Waals surface area contributed by atoms with Crippen LogP contribution in [0.15, 0.2) is 41.8 Å². The second kappa shape index (κ2) is 7.81. The van der Waals surface area contributed by atoms with Crippen LogP contribution in [0.2, 0.25) is 0 Å². The van der Waals surface area contributed by atoms with Crippen LogP contribution >= 0.6 is 11.3 Å². The van der Waals surface area contributed by atoms with Crippen molar-refractivity contribution < 1.29 is 9.90 Å². The van der Waals surface area contributed by atoms with Gasteiger partial charge in [-0.15, -0.1) is 11.3 Å². The molecule has 1 atom stereocenters. The van der Waals surface area contributed by atoms with Crippen molar-refractivity contribution in [2.75, 3.05) is 24.5 Å². The van der Waals surface area contributed by atoms with E-state index in [9.17, 15) is 9.90 Å². The van der Waals surface area contributed by atoms with Gasteiger partial charge in [0.1, 0.15) is 0 Å². The summed E-state index contributed by atoms with van der Waals surface area (Å²) in [6.07, 6.45) is 1.20. The number of anilines is 1. The van der Waals surface area contributed by atoms with E-state index < -0.39 is 6.10 Å². The molecule has 1 N–H and O–H groups in total. The summed E-state index contributed by atoms with van der Waals surface area (Å²) < 4.78 is 0. The molecule has 0 aliphatic carbocycles. The maximum absolute atomic E-state index is 12.8. The number of nitrogens with zero attached hydrogens (tertiary/aromatic N) is 2. The smallest absolute Gasteiger partial charge is 0.242 e. The van der Waals surface area contributed by atoms with Crippen molar-refractivity contribution in [1.82, 2.24) is 4.90 Å². The third-order valence-electron chi connectivity index (χ3n) is 4.51. The van der Waals surface area contributed by atoms with Crippen molar-refractivity contribution >= 4 is 22.9 Å². The quantitative estimate of drug-likeness (QED) is 0.876. The van der Waals surface area contributed by atoms with Gasteiger partial charge in [0.05, 0.1) is 12.6 Å². The molecule has 3 rings (SSSR count). The van der Waals surface area contributed by atoms with E-state index in [1.165, 1.54) is 10.4 Å². The first kappa shape index (κ1) is 17.0. The van der Waals surface area contributed by atoms with Crippen LogP contribution in [0.4, 0.5) is 5.69 Å². The molecule has 1 aliphatic rings. The minimum atomic E-state index is -0.428. The average Bonchev–Trinajstić information content (AvgIpc) is 3.09.